The zero-order valence-electron chi connectivity index (χ0n) is 22.5. The van der Waals surface area contributed by atoms with E-state index in [1.54, 1.807) is 24.3 Å². The molecule has 4 nitrogen and oxygen atoms in total. The highest BCUT2D eigenvalue weighted by Gasteiger charge is 1.97. The molecule has 0 aliphatic rings. The Morgan fingerprint density at radius 3 is 2.03 bits per heavy atom. The second kappa shape index (κ2) is 27.2. The minimum absolute atomic E-state index is 0.312. The molecule has 2 atom stereocenters. The summed E-state index contributed by atoms with van der Waals surface area (Å²) in [6.07, 6.45) is 34.7. The highest BCUT2D eigenvalue weighted by molar-refractivity contribution is 5.66. The van der Waals surface area contributed by atoms with Crippen molar-refractivity contribution in [3.8, 4) is 11.8 Å². The summed E-state index contributed by atoms with van der Waals surface area (Å²) in [6, 6.07) is 0. The molecule has 0 heterocycles. The van der Waals surface area contributed by atoms with E-state index in [2.05, 4.69) is 37.0 Å². The number of rotatable bonds is 22. The summed E-state index contributed by atoms with van der Waals surface area (Å²) >= 11 is 0. The number of carboxylic acid groups (broad SMARTS) is 1. The van der Waals surface area contributed by atoms with Crippen molar-refractivity contribution in [1.82, 2.24) is 0 Å². The SMILES string of the molecule is CC/C=C\C[C@H](O)C#C/C=C/C=C/[C@H](O)C/C=C\C/C=C\CCCCCCCCCCCCC(=O)O. The number of unbranched alkanes of at least 4 members (excludes halogenated alkanes) is 10. The number of aliphatic hydroxyl groups excluding tert-OH is 2. The number of allylic oxidation sites excluding steroid dienone is 7. The molecule has 0 saturated carbocycles. The first-order valence-electron chi connectivity index (χ1n) is 13.9. The lowest BCUT2D eigenvalue weighted by molar-refractivity contribution is -0.137. The minimum Gasteiger partial charge on any atom is -0.481 e. The zero-order valence-corrected chi connectivity index (χ0v) is 22.5. The Morgan fingerprint density at radius 2 is 1.36 bits per heavy atom. The van der Waals surface area contributed by atoms with Gasteiger partial charge in [-0.25, -0.2) is 0 Å². The van der Waals surface area contributed by atoms with Crippen molar-refractivity contribution >= 4 is 5.97 Å². The molecule has 36 heavy (non-hydrogen) atoms. The maximum Gasteiger partial charge on any atom is 0.303 e. The average molecular weight is 499 g/mol. The monoisotopic (exact) mass is 498 g/mol. The van der Waals surface area contributed by atoms with Gasteiger partial charge in [0.25, 0.3) is 0 Å². The van der Waals surface area contributed by atoms with Crippen molar-refractivity contribution in [2.24, 2.45) is 0 Å². The van der Waals surface area contributed by atoms with Crippen LogP contribution >= 0.6 is 0 Å². The summed E-state index contributed by atoms with van der Waals surface area (Å²) in [7, 11) is 0. The van der Waals surface area contributed by atoms with Gasteiger partial charge < -0.3 is 15.3 Å². The van der Waals surface area contributed by atoms with Crippen LogP contribution in [0.5, 0.6) is 0 Å². The van der Waals surface area contributed by atoms with Crippen LogP contribution in [0.2, 0.25) is 0 Å². The largest absolute Gasteiger partial charge is 0.481 e. The van der Waals surface area contributed by atoms with Crippen molar-refractivity contribution in [2.75, 3.05) is 0 Å². The predicted octanol–water partition coefficient (Wildman–Crippen LogP) is 7.84. The van der Waals surface area contributed by atoms with Crippen molar-refractivity contribution in [2.45, 2.75) is 122 Å². The first kappa shape index (κ1) is 33.7. The van der Waals surface area contributed by atoms with Crippen LogP contribution < -0.4 is 0 Å². The lowest BCUT2D eigenvalue weighted by Gasteiger charge is -2.01. The highest BCUT2D eigenvalue weighted by atomic mass is 16.4. The molecule has 4 heteroatoms. The fourth-order valence-electron chi connectivity index (χ4n) is 3.55. The van der Waals surface area contributed by atoms with Crippen LogP contribution in [0.15, 0.2) is 60.8 Å². The van der Waals surface area contributed by atoms with Gasteiger partial charge in [0.05, 0.1) is 6.10 Å². The van der Waals surface area contributed by atoms with Crippen molar-refractivity contribution in [3.63, 3.8) is 0 Å². The molecule has 0 bridgehead atoms. The van der Waals surface area contributed by atoms with E-state index < -0.39 is 18.2 Å². The highest BCUT2D eigenvalue weighted by Crippen LogP contribution is 2.12. The average Bonchev–Trinajstić information content (AvgIpc) is 2.85. The molecule has 0 aromatic carbocycles. The summed E-state index contributed by atoms with van der Waals surface area (Å²) in [4.78, 5) is 10.4. The Balaban J connectivity index is 3.60. The fraction of sp³-hybridized carbons (Fsp3) is 0.594. The van der Waals surface area contributed by atoms with E-state index in [4.69, 9.17) is 5.11 Å². The Labute approximate surface area is 220 Å². The fourth-order valence-corrected chi connectivity index (χ4v) is 3.55. The van der Waals surface area contributed by atoms with Gasteiger partial charge in [-0.15, -0.1) is 0 Å². The summed E-state index contributed by atoms with van der Waals surface area (Å²) in [5, 5.41) is 28.2. The summed E-state index contributed by atoms with van der Waals surface area (Å²) < 4.78 is 0. The molecule has 0 aromatic rings. The number of aliphatic carboxylic acids is 1. The van der Waals surface area contributed by atoms with Gasteiger partial charge in [-0.3, -0.25) is 4.79 Å². The van der Waals surface area contributed by atoms with Gasteiger partial charge in [0.15, 0.2) is 0 Å². The first-order valence-corrected chi connectivity index (χ1v) is 13.9. The third-order valence-corrected chi connectivity index (χ3v) is 5.63. The van der Waals surface area contributed by atoms with Crippen LogP contribution in [-0.2, 0) is 4.79 Å². The molecule has 0 fully saturated rings. The van der Waals surface area contributed by atoms with E-state index in [0.717, 1.165) is 32.1 Å². The molecule has 0 aromatic heterocycles. The Bertz CT molecular complexity index is 718. The Kier molecular flexibility index (Phi) is 25.5. The Morgan fingerprint density at radius 1 is 0.750 bits per heavy atom. The molecule has 0 saturated heterocycles. The van der Waals surface area contributed by atoms with Crippen LogP contribution in [0, 0.1) is 11.8 Å². The molecule has 0 rings (SSSR count). The van der Waals surface area contributed by atoms with E-state index in [9.17, 15) is 15.0 Å². The van der Waals surface area contributed by atoms with Crippen LogP contribution in [0.3, 0.4) is 0 Å². The number of carboxylic acids is 1. The number of hydrogen-bond donors (Lipinski definition) is 3. The standard InChI is InChI=1S/C32H50O4/c1-2-3-20-25-30(33)27-22-18-19-23-28-31(34)26-21-16-14-12-10-8-6-4-5-7-9-11-13-15-17-24-29-32(35)36/h3,10,12,16,18-21,23,28,30-31,33-34H,2,4-9,11,13-15,17,24-26,29H2,1H3,(H,35,36)/b12-10-,19-18+,20-3-,21-16-,28-23+/t30-,31+/m0/s1. The Hall–Kier alpha value is -2.35. The van der Waals surface area contributed by atoms with E-state index in [1.807, 2.05) is 18.2 Å². The maximum absolute atomic E-state index is 10.4. The van der Waals surface area contributed by atoms with Gasteiger partial charge in [0.1, 0.15) is 6.10 Å². The van der Waals surface area contributed by atoms with E-state index in [1.165, 1.54) is 51.4 Å². The smallest absolute Gasteiger partial charge is 0.303 e. The van der Waals surface area contributed by atoms with Crippen LogP contribution in [0.1, 0.15) is 110 Å². The molecule has 0 aliphatic heterocycles. The van der Waals surface area contributed by atoms with Gasteiger partial charge >= 0.3 is 5.97 Å². The van der Waals surface area contributed by atoms with Crippen LogP contribution in [0.25, 0.3) is 0 Å². The molecule has 202 valence electrons. The van der Waals surface area contributed by atoms with Gasteiger partial charge in [-0.05, 0) is 44.6 Å². The number of aliphatic hydroxyl groups is 2. The third kappa shape index (κ3) is 27.9. The van der Waals surface area contributed by atoms with Gasteiger partial charge in [-0.2, -0.15) is 0 Å². The van der Waals surface area contributed by atoms with Gasteiger partial charge in [0, 0.05) is 12.8 Å². The first-order chi connectivity index (χ1) is 17.6. The topological polar surface area (TPSA) is 77.8 Å². The third-order valence-electron chi connectivity index (χ3n) is 5.63. The molecule has 0 unspecified atom stereocenters. The summed E-state index contributed by atoms with van der Waals surface area (Å²) in [5.74, 6) is 4.89. The lowest BCUT2D eigenvalue weighted by Crippen LogP contribution is -1.99. The molecule has 0 aliphatic carbocycles. The van der Waals surface area contributed by atoms with Gasteiger partial charge in [0.2, 0.25) is 0 Å². The number of hydrogen-bond acceptors (Lipinski definition) is 3. The molecule has 0 radical (unpaired) electrons. The van der Waals surface area contributed by atoms with E-state index in [0.29, 0.717) is 19.3 Å². The second-order valence-corrected chi connectivity index (χ2v) is 9.11. The molecular formula is C32H50O4. The molecular weight excluding hydrogens is 448 g/mol. The summed E-state index contributed by atoms with van der Waals surface area (Å²) in [5.41, 5.74) is 0. The summed E-state index contributed by atoms with van der Waals surface area (Å²) in [6.45, 7) is 2.05. The van der Waals surface area contributed by atoms with Crippen molar-refractivity contribution in [3.05, 3.63) is 60.8 Å². The predicted molar refractivity (Wildman–Crippen MR) is 153 cm³/mol. The van der Waals surface area contributed by atoms with E-state index in [-0.39, 0.29) is 0 Å². The van der Waals surface area contributed by atoms with Crippen molar-refractivity contribution in [1.29, 1.82) is 0 Å². The number of carbonyl (C=O) groups is 1. The quantitative estimate of drug-likeness (QED) is 0.0615. The normalized spacial score (nSPS) is 13.9. The maximum atomic E-state index is 10.4. The van der Waals surface area contributed by atoms with Crippen LogP contribution in [0.4, 0.5) is 0 Å². The second-order valence-electron chi connectivity index (χ2n) is 9.11. The lowest BCUT2D eigenvalue weighted by atomic mass is 10.1. The molecule has 0 spiro atoms. The van der Waals surface area contributed by atoms with Gasteiger partial charge in [-0.1, -0.05) is 125 Å². The van der Waals surface area contributed by atoms with Crippen LogP contribution in [-0.4, -0.2) is 33.5 Å². The van der Waals surface area contributed by atoms with Crippen molar-refractivity contribution < 1.29 is 20.1 Å². The minimum atomic E-state index is -0.679. The van der Waals surface area contributed by atoms with E-state index >= 15 is 0 Å². The molecule has 3 N–H and O–H groups in total. The zero-order chi connectivity index (χ0) is 26.5. The molecule has 0 amide bonds.